The number of hydrogen-bond acceptors (Lipinski definition) is 4. The van der Waals surface area contributed by atoms with Crippen molar-refractivity contribution in [1.29, 1.82) is 0 Å². The van der Waals surface area contributed by atoms with Crippen molar-refractivity contribution in [2.45, 2.75) is 59.9 Å². The molecule has 1 amide bonds. The van der Waals surface area contributed by atoms with Gasteiger partial charge in [-0.15, -0.1) is 0 Å². The van der Waals surface area contributed by atoms with Gasteiger partial charge in [-0.05, 0) is 27.2 Å². The molecule has 0 aromatic carbocycles. The van der Waals surface area contributed by atoms with Gasteiger partial charge in [0.25, 0.3) is 0 Å². The van der Waals surface area contributed by atoms with Gasteiger partial charge in [0, 0.05) is 49.6 Å². The van der Waals surface area contributed by atoms with Crippen LogP contribution in [0.5, 0.6) is 0 Å². The summed E-state index contributed by atoms with van der Waals surface area (Å²) in [6, 6.07) is 0.241. The molecule has 2 rings (SSSR count). The Kier molecular flexibility index (Phi) is 7.06. The molecular weight excluding hydrogens is 330 g/mol. The molecule has 2 atom stereocenters. The summed E-state index contributed by atoms with van der Waals surface area (Å²) in [6.45, 7) is 15.0. The number of amides is 1. The first kappa shape index (κ1) is 20.3. The summed E-state index contributed by atoms with van der Waals surface area (Å²) in [5, 5.41) is 10.8. The monoisotopic (exact) mass is 363 g/mol. The lowest BCUT2D eigenvalue weighted by molar-refractivity contribution is -0.133. The standard InChI is InChI=1S/C19H33N5O2/c1-7-20-19(21-10-13(4)17-14(5)23-26-15(17)6)22-16-8-9-24(11-16)18(25)12(2)3/h12-13,16H,7-11H2,1-6H3,(H2,20,21,22). The normalized spacial score (nSPS) is 19.1. The van der Waals surface area contributed by atoms with Gasteiger partial charge in [-0.25, -0.2) is 0 Å². The maximum absolute atomic E-state index is 12.1. The number of aliphatic imine (C=N–C) groups is 1. The lowest BCUT2D eigenvalue weighted by Crippen LogP contribution is -2.45. The number of aryl methyl sites for hydroxylation is 2. The molecule has 7 nitrogen and oxygen atoms in total. The van der Waals surface area contributed by atoms with Crippen molar-refractivity contribution in [3.05, 3.63) is 17.0 Å². The van der Waals surface area contributed by atoms with E-state index in [4.69, 9.17) is 9.52 Å². The fourth-order valence-electron chi connectivity index (χ4n) is 3.47. The smallest absolute Gasteiger partial charge is 0.225 e. The van der Waals surface area contributed by atoms with Crippen molar-refractivity contribution in [3.8, 4) is 0 Å². The van der Waals surface area contributed by atoms with Crippen molar-refractivity contribution in [1.82, 2.24) is 20.7 Å². The number of carbonyl (C=O) groups excluding carboxylic acids is 1. The van der Waals surface area contributed by atoms with E-state index in [1.54, 1.807) is 0 Å². The van der Waals surface area contributed by atoms with Crippen LogP contribution in [0, 0.1) is 19.8 Å². The molecule has 0 radical (unpaired) electrons. The zero-order valence-corrected chi connectivity index (χ0v) is 16.9. The molecular formula is C19H33N5O2. The zero-order chi connectivity index (χ0) is 19.3. The molecule has 1 aromatic heterocycles. The molecule has 2 heterocycles. The highest BCUT2D eigenvalue weighted by atomic mass is 16.5. The molecule has 2 N–H and O–H groups in total. The molecule has 1 aliphatic heterocycles. The molecule has 2 unspecified atom stereocenters. The van der Waals surface area contributed by atoms with Crippen LogP contribution in [0.25, 0.3) is 0 Å². The van der Waals surface area contributed by atoms with Gasteiger partial charge >= 0.3 is 0 Å². The van der Waals surface area contributed by atoms with Gasteiger partial charge < -0.3 is 20.1 Å². The summed E-state index contributed by atoms with van der Waals surface area (Å²) < 4.78 is 5.26. The largest absolute Gasteiger partial charge is 0.361 e. The van der Waals surface area contributed by atoms with Gasteiger partial charge in [-0.2, -0.15) is 0 Å². The number of rotatable bonds is 6. The second-order valence-electron chi connectivity index (χ2n) is 7.43. The molecule has 1 fully saturated rings. The summed E-state index contributed by atoms with van der Waals surface area (Å²) in [6.07, 6.45) is 0.947. The Morgan fingerprint density at radius 3 is 2.69 bits per heavy atom. The topological polar surface area (TPSA) is 82.8 Å². The highest BCUT2D eigenvalue weighted by Crippen LogP contribution is 2.23. The summed E-state index contributed by atoms with van der Waals surface area (Å²) in [5.41, 5.74) is 2.07. The average Bonchev–Trinajstić information content (AvgIpc) is 3.18. The van der Waals surface area contributed by atoms with E-state index in [1.807, 2.05) is 32.6 Å². The van der Waals surface area contributed by atoms with Gasteiger partial charge in [0.1, 0.15) is 5.76 Å². The van der Waals surface area contributed by atoms with Crippen molar-refractivity contribution < 1.29 is 9.32 Å². The average molecular weight is 364 g/mol. The first-order valence-corrected chi connectivity index (χ1v) is 9.59. The van der Waals surface area contributed by atoms with Crippen LogP contribution >= 0.6 is 0 Å². The van der Waals surface area contributed by atoms with E-state index < -0.39 is 0 Å². The molecule has 0 spiro atoms. The number of guanidine groups is 1. The Morgan fingerprint density at radius 2 is 2.12 bits per heavy atom. The molecule has 1 saturated heterocycles. The molecule has 0 aliphatic carbocycles. The molecule has 1 aliphatic rings. The Morgan fingerprint density at radius 1 is 1.38 bits per heavy atom. The fraction of sp³-hybridized carbons (Fsp3) is 0.737. The first-order chi connectivity index (χ1) is 12.3. The Hall–Kier alpha value is -2.05. The van der Waals surface area contributed by atoms with Gasteiger partial charge in [-0.1, -0.05) is 25.9 Å². The number of nitrogens with one attached hydrogen (secondary N) is 2. The van der Waals surface area contributed by atoms with E-state index in [1.165, 1.54) is 0 Å². The van der Waals surface area contributed by atoms with Crippen molar-refractivity contribution in [2.24, 2.45) is 10.9 Å². The third-order valence-electron chi connectivity index (χ3n) is 4.78. The van der Waals surface area contributed by atoms with E-state index in [2.05, 4.69) is 29.6 Å². The number of likely N-dealkylation sites (tertiary alicyclic amines) is 1. The van der Waals surface area contributed by atoms with Crippen molar-refractivity contribution >= 4 is 11.9 Å². The summed E-state index contributed by atoms with van der Waals surface area (Å²) in [4.78, 5) is 18.8. The fourth-order valence-corrected chi connectivity index (χ4v) is 3.47. The van der Waals surface area contributed by atoms with Crippen LogP contribution in [0.4, 0.5) is 0 Å². The second kappa shape index (κ2) is 9.05. The predicted octanol–water partition coefficient (Wildman–Crippen LogP) is 2.21. The van der Waals surface area contributed by atoms with Gasteiger partial charge in [0.2, 0.25) is 5.91 Å². The zero-order valence-electron chi connectivity index (χ0n) is 16.9. The summed E-state index contributed by atoms with van der Waals surface area (Å²) in [7, 11) is 0. The van der Waals surface area contributed by atoms with Crippen LogP contribution in [0.3, 0.4) is 0 Å². The Balaban J connectivity index is 1.96. The maximum Gasteiger partial charge on any atom is 0.225 e. The summed E-state index contributed by atoms with van der Waals surface area (Å²) >= 11 is 0. The molecule has 146 valence electrons. The van der Waals surface area contributed by atoms with Crippen LogP contribution < -0.4 is 10.6 Å². The van der Waals surface area contributed by atoms with E-state index in [0.29, 0.717) is 6.54 Å². The minimum Gasteiger partial charge on any atom is -0.361 e. The number of carbonyl (C=O) groups is 1. The van der Waals surface area contributed by atoms with Crippen molar-refractivity contribution in [2.75, 3.05) is 26.2 Å². The number of hydrogen-bond donors (Lipinski definition) is 2. The predicted molar refractivity (Wildman–Crippen MR) is 103 cm³/mol. The van der Waals surface area contributed by atoms with Crippen LogP contribution in [0.15, 0.2) is 9.52 Å². The Labute approximate surface area is 156 Å². The van der Waals surface area contributed by atoms with E-state index >= 15 is 0 Å². The minimum atomic E-state index is 0.0477. The third-order valence-corrected chi connectivity index (χ3v) is 4.78. The molecule has 7 heteroatoms. The molecule has 1 aromatic rings. The molecule has 0 saturated carbocycles. The van der Waals surface area contributed by atoms with Crippen LogP contribution in [0.1, 0.15) is 57.1 Å². The van der Waals surface area contributed by atoms with Crippen molar-refractivity contribution in [3.63, 3.8) is 0 Å². The lowest BCUT2D eigenvalue weighted by Gasteiger charge is -2.20. The number of nitrogens with zero attached hydrogens (tertiary/aromatic N) is 3. The highest BCUT2D eigenvalue weighted by Gasteiger charge is 2.28. The van der Waals surface area contributed by atoms with E-state index in [9.17, 15) is 4.79 Å². The highest BCUT2D eigenvalue weighted by molar-refractivity contribution is 5.81. The molecule has 0 bridgehead atoms. The quantitative estimate of drug-likeness (QED) is 0.598. The van der Waals surface area contributed by atoms with Gasteiger partial charge in [0.05, 0.1) is 5.69 Å². The minimum absolute atomic E-state index is 0.0477. The maximum atomic E-state index is 12.1. The summed E-state index contributed by atoms with van der Waals surface area (Å²) in [5.74, 6) is 2.17. The van der Waals surface area contributed by atoms with E-state index in [0.717, 1.165) is 49.0 Å². The van der Waals surface area contributed by atoms with Crippen LogP contribution in [0.2, 0.25) is 0 Å². The number of aromatic nitrogens is 1. The van der Waals surface area contributed by atoms with Gasteiger partial charge in [0.15, 0.2) is 5.96 Å². The van der Waals surface area contributed by atoms with Crippen LogP contribution in [-0.4, -0.2) is 54.1 Å². The lowest BCUT2D eigenvalue weighted by atomic mass is 10.00. The molecule has 26 heavy (non-hydrogen) atoms. The van der Waals surface area contributed by atoms with E-state index in [-0.39, 0.29) is 23.8 Å². The second-order valence-corrected chi connectivity index (χ2v) is 7.43. The SMILES string of the molecule is CCNC(=NCC(C)c1c(C)noc1C)NC1CCN(C(=O)C(C)C)C1. The van der Waals surface area contributed by atoms with Crippen LogP contribution in [-0.2, 0) is 4.79 Å². The Bertz CT molecular complexity index is 618. The van der Waals surface area contributed by atoms with Gasteiger partial charge in [-0.3, -0.25) is 9.79 Å². The third kappa shape index (κ3) is 4.99. The first-order valence-electron chi connectivity index (χ1n) is 9.59.